The van der Waals surface area contributed by atoms with Crippen molar-refractivity contribution in [2.24, 2.45) is 23.7 Å². The van der Waals surface area contributed by atoms with Gasteiger partial charge in [0.2, 0.25) is 5.91 Å². The maximum Gasteiger partial charge on any atom is 0.292 e. The van der Waals surface area contributed by atoms with Crippen LogP contribution in [0.4, 0.5) is 17.1 Å². The van der Waals surface area contributed by atoms with Crippen LogP contribution in [0.25, 0.3) is 0 Å². The number of rotatable bonds is 4. The lowest BCUT2D eigenvalue weighted by molar-refractivity contribution is -0.384. The topological polar surface area (TPSA) is 78.7 Å². The fourth-order valence-electron chi connectivity index (χ4n) is 6.62. The number of nitrogens with one attached hydrogen (secondary N) is 1. The molecule has 1 aromatic carbocycles. The number of carbonyl (C=O) groups is 1. The molecular formula is C22H30N4O3. The Kier molecular flexibility index (Phi) is 4.63. The lowest BCUT2D eigenvalue weighted by Gasteiger charge is -2.54. The van der Waals surface area contributed by atoms with Crippen LogP contribution in [0.3, 0.4) is 0 Å². The highest BCUT2D eigenvalue weighted by molar-refractivity contribution is 5.74. The number of nitrogens with zero attached hydrogens (tertiary/aromatic N) is 3. The summed E-state index contributed by atoms with van der Waals surface area (Å²) in [5, 5.41) is 15.3. The molecule has 5 fully saturated rings. The van der Waals surface area contributed by atoms with Crippen LogP contribution in [-0.2, 0) is 4.79 Å². The third kappa shape index (κ3) is 3.45. The molecule has 6 rings (SSSR count). The van der Waals surface area contributed by atoms with Crippen LogP contribution in [-0.4, -0.2) is 48.0 Å². The van der Waals surface area contributed by atoms with E-state index >= 15 is 0 Å². The summed E-state index contributed by atoms with van der Waals surface area (Å²) in [5.41, 5.74) is 1.84. The van der Waals surface area contributed by atoms with Crippen LogP contribution in [0.15, 0.2) is 18.2 Å². The van der Waals surface area contributed by atoms with E-state index in [1.54, 1.807) is 13.0 Å². The minimum absolute atomic E-state index is 0.109. The van der Waals surface area contributed by atoms with Crippen molar-refractivity contribution in [1.82, 2.24) is 4.90 Å². The SMILES string of the molecule is CC(=O)N1CCN(c2ccc([N+](=O)[O-])c(NC3C4CC5CC(C4)CC3C5)c2)CC1. The van der Waals surface area contributed by atoms with E-state index in [1.807, 2.05) is 17.0 Å². The predicted octanol–water partition coefficient (Wildman–Crippen LogP) is 3.50. The van der Waals surface area contributed by atoms with Crippen molar-refractivity contribution in [3.8, 4) is 0 Å². The van der Waals surface area contributed by atoms with Crippen LogP contribution in [0.5, 0.6) is 0 Å². The lowest BCUT2D eigenvalue weighted by Crippen LogP contribution is -2.51. The first-order chi connectivity index (χ1) is 14.0. The Labute approximate surface area is 171 Å². The first-order valence-electron chi connectivity index (χ1n) is 11.0. The van der Waals surface area contributed by atoms with Crippen molar-refractivity contribution >= 4 is 23.0 Å². The molecule has 0 radical (unpaired) electrons. The highest BCUT2D eigenvalue weighted by atomic mass is 16.6. The molecule has 5 aliphatic rings. The zero-order valence-electron chi connectivity index (χ0n) is 17.0. The van der Waals surface area contributed by atoms with E-state index in [0.29, 0.717) is 36.7 Å². The van der Waals surface area contributed by atoms with Gasteiger partial charge in [-0.25, -0.2) is 0 Å². The number of nitro groups is 1. The van der Waals surface area contributed by atoms with E-state index < -0.39 is 0 Å². The third-order valence-corrected chi connectivity index (χ3v) is 7.82. The largest absolute Gasteiger partial charge is 0.376 e. The molecule has 0 spiro atoms. The van der Waals surface area contributed by atoms with Gasteiger partial charge in [-0.2, -0.15) is 0 Å². The van der Waals surface area contributed by atoms with Gasteiger partial charge in [-0.3, -0.25) is 14.9 Å². The Morgan fingerprint density at radius 1 is 1.03 bits per heavy atom. The van der Waals surface area contributed by atoms with E-state index in [9.17, 15) is 14.9 Å². The van der Waals surface area contributed by atoms with Gasteiger partial charge in [0, 0.05) is 50.9 Å². The van der Waals surface area contributed by atoms with E-state index in [0.717, 1.165) is 30.6 Å². The predicted molar refractivity (Wildman–Crippen MR) is 112 cm³/mol. The van der Waals surface area contributed by atoms with Crippen LogP contribution in [0.2, 0.25) is 0 Å². The number of anilines is 2. The second kappa shape index (κ2) is 7.18. The first-order valence-corrected chi connectivity index (χ1v) is 11.0. The molecule has 4 bridgehead atoms. The van der Waals surface area contributed by atoms with Gasteiger partial charge in [-0.1, -0.05) is 0 Å². The second-order valence-electron chi connectivity index (χ2n) is 9.55. The van der Waals surface area contributed by atoms with Crippen LogP contribution < -0.4 is 10.2 Å². The van der Waals surface area contributed by atoms with Gasteiger partial charge < -0.3 is 15.1 Å². The van der Waals surface area contributed by atoms with Crippen LogP contribution in [0, 0.1) is 33.8 Å². The van der Waals surface area contributed by atoms with Crippen molar-refractivity contribution in [3.63, 3.8) is 0 Å². The number of carbonyl (C=O) groups excluding carboxylic acids is 1. The molecule has 156 valence electrons. The molecule has 1 N–H and O–H groups in total. The molecule has 1 aromatic rings. The van der Waals surface area contributed by atoms with Crippen molar-refractivity contribution in [1.29, 1.82) is 0 Å². The Morgan fingerprint density at radius 2 is 1.66 bits per heavy atom. The summed E-state index contributed by atoms with van der Waals surface area (Å²) in [7, 11) is 0. The lowest BCUT2D eigenvalue weighted by atomic mass is 9.54. The molecule has 0 atom stereocenters. The minimum Gasteiger partial charge on any atom is -0.376 e. The summed E-state index contributed by atoms with van der Waals surface area (Å²) >= 11 is 0. The molecule has 0 aromatic heterocycles. The molecule has 1 heterocycles. The minimum atomic E-state index is -0.268. The van der Waals surface area contributed by atoms with Crippen LogP contribution >= 0.6 is 0 Å². The molecule has 4 aliphatic carbocycles. The van der Waals surface area contributed by atoms with Crippen LogP contribution in [0.1, 0.15) is 39.0 Å². The second-order valence-corrected chi connectivity index (χ2v) is 9.55. The molecule has 1 aliphatic heterocycles. The van der Waals surface area contributed by atoms with Crippen molar-refractivity contribution in [2.75, 3.05) is 36.4 Å². The summed E-state index contributed by atoms with van der Waals surface area (Å²) in [6.45, 7) is 4.52. The zero-order chi connectivity index (χ0) is 20.1. The Morgan fingerprint density at radius 3 is 2.21 bits per heavy atom. The number of hydrogen-bond acceptors (Lipinski definition) is 5. The maximum atomic E-state index is 11.7. The van der Waals surface area contributed by atoms with E-state index in [2.05, 4.69) is 10.2 Å². The summed E-state index contributed by atoms with van der Waals surface area (Å²) in [5.74, 6) is 3.20. The highest BCUT2D eigenvalue weighted by Gasteiger charge is 2.48. The van der Waals surface area contributed by atoms with E-state index in [4.69, 9.17) is 0 Å². The zero-order valence-corrected chi connectivity index (χ0v) is 17.0. The molecule has 7 nitrogen and oxygen atoms in total. The van der Waals surface area contributed by atoms with Gasteiger partial charge in [-0.15, -0.1) is 0 Å². The number of hydrogen-bond donors (Lipinski definition) is 1. The first kappa shape index (κ1) is 18.7. The molecule has 7 heteroatoms. The summed E-state index contributed by atoms with van der Waals surface area (Å²) < 4.78 is 0. The quantitative estimate of drug-likeness (QED) is 0.620. The van der Waals surface area contributed by atoms with Crippen molar-refractivity contribution < 1.29 is 9.72 Å². The van der Waals surface area contributed by atoms with Gasteiger partial charge in [0.1, 0.15) is 5.69 Å². The monoisotopic (exact) mass is 398 g/mol. The van der Waals surface area contributed by atoms with Gasteiger partial charge in [0.05, 0.1) is 4.92 Å². The van der Waals surface area contributed by atoms with Gasteiger partial charge in [0.25, 0.3) is 5.69 Å². The maximum absolute atomic E-state index is 11.7. The normalized spacial score (nSPS) is 33.1. The molecule has 0 unspecified atom stereocenters. The summed E-state index contributed by atoms with van der Waals surface area (Å²) in [6, 6.07) is 5.83. The Hall–Kier alpha value is -2.31. The number of nitro benzene ring substituents is 1. The standard InChI is InChI=1S/C22H30N4O3/c1-14(27)24-4-6-25(7-5-24)19-2-3-21(26(28)29)20(13-19)23-22-17-9-15-8-16(11-17)12-18(22)10-15/h2-3,13,15-18,22-23H,4-12H2,1H3. The summed E-state index contributed by atoms with van der Waals surface area (Å²) in [6.07, 6.45) is 6.54. The van der Waals surface area contributed by atoms with Gasteiger partial charge in [-0.05, 0) is 67.9 Å². The Bertz CT molecular complexity index is 790. The van der Waals surface area contributed by atoms with Gasteiger partial charge >= 0.3 is 0 Å². The fraction of sp³-hybridized carbons (Fsp3) is 0.682. The van der Waals surface area contributed by atoms with Crippen molar-refractivity contribution in [3.05, 3.63) is 28.3 Å². The fourth-order valence-corrected chi connectivity index (χ4v) is 6.62. The van der Waals surface area contributed by atoms with E-state index in [1.165, 1.54) is 32.1 Å². The highest BCUT2D eigenvalue weighted by Crippen LogP contribution is 2.54. The number of benzene rings is 1. The molecular weight excluding hydrogens is 368 g/mol. The summed E-state index contributed by atoms with van der Waals surface area (Å²) in [4.78, 5) is 27.1. The molecule has 4 saturated carbocycles. The average Bonchev–Trinajstić information content (AvgIpc) is 2.70. The smallest absolute Gasteiger partial charge is 0.292 e. The molecule has 1 amide bonds. The Balaban J connectivity index is 1.36. The number of amides is 1. The third-order valence-electron chi connectivity index (χ3n) is 7.82. The van der Waals surface area contributed by atoms with Crippen molar-refractivity contribution in [2.45, 2.75) is 45.1 Å². The number of piperazine rings is 1. The average molecular weight is 399 g/mol. The molecule has 1 saturated heterocycles. The van der Waals surface area contributed by atoms with E-state index in [-0.39, 0.29) is 16.5 Å². The van der Waals surface area contributed by atoms with Gasteiger partial charge in [0.15, 0.2) is 0 Å². The molecule has 29 heavy (non-hydrogen) atoms.